The van der Waals surface area contributed by atoms with Gasteiger partial charge < -0.3 is 15.7 Å². The molecule has 0 spiro atoms. The van der Waals surface area contributed by atoms with Crippen LogP contribution in [0.4, 0.5) is 5.69 Å². The van der Waals surface area contributed by atoms with Crippen molar-refractivity contribution in [3.63, 3.8) is 0 Å². The van der Waals surface area contributed by atoms with Gasteiger partial charge in [-0.3, -0.25) is 4.79 Å². The lowest BCUT2D eigenvalue weighted by Crippen LogP contribution is -2.18. The van der Waals surface area contributed by atoms with E-state index in [0.717, 1.165) is 36.8 Å². The number of carbonyl (C=O) groups is 2. The number of carboxylic acid groups (broad SMARTS) is 1. The maximum atomic E-state index is 11.8. The van der Waals surface area contributed by atoms with Crippen LogP contribution in [-0.4, -0.2) is 30.1 Å². The highest BCUT2D eigenvalue weighted by Gasteiger charge is 2.17. The summed E-state index contributed by atoms with van der Waals surface area (Å²) in [6, 6.07) is 7.08. The summed E-state index contributed by atoms with van der Waals surface area (Å²) in [5.41, 5.74) is 1.51. The molecule has 0 saturated carbocycles. The van der Waals surface area contributed by atoms with Gasteiger partial charge in [-0.25, -0.2) is 4.79 Å². The third-order valence-corrected chi connectivity index (χ3v) is 3.25. The van der Waals surface area contributed by atoms with E-state index in [4.69, 9.17) is 5.11 Å². The SMILES string of the molecule is O=C(O)/C=C/c1ccc(NC(=O)CC2CCNC2)cc1. The Morgan fingerprint density at radius 3 is 2.70 bits per heavy atom. The molecule has 1 fully saturated rings. The number of aliphatic carboxylic acids is 1. The van der Waals surface area contributed by atoms with E-state index in [0.29, 0.717) is 12.3 Å². The summed E-state index contributed by atoms with van der Waals surface area (Å²) in [4.78, 5) is 22.2. The summed E-state index contributed by atoms with van der Waals surface area (Å²) in [6.07, 6.45) is 4.18. The van der Waals surface area contributed by atoms with Crippen molar-refractivity contribution >= 4 is 23.6 Å². The molecule has 1 aliphatic rings. The zero-order chi connectivity index (χ0) is 14.4. The average molecular weight is 274 g/mol. The predicted molar refractivity (Wildman–Crippen MR) is 77.3 cm³/mol. The molecule has 1 amide bonds. The summed E-state index contributed by atoms with van der Waals surface area (Å²) >= 11 is 0. The lowest BCUT2D eigenvalue weighted by atomic mass is 10.0. The highest BCUT2D eigenvalue weighted by atomic mass is 16.4. The molecule has 1 unspecified atom stereocenters. The van der Waals surface area contributed by atoms with Crippen molar-refractivity contribution < 1.29 is 14.7 Å². The number of benzene rings is 1. The molecule has 0 aliphatic carbocycles. The molecule has 1 atom stereocenters. The van der Waals surface area contributed by atoms with Gasteiger partial charge in [-0.1, -0.05) is 12.1 Å². The van der Waals surface area contributed by atoms with Crippen molar-refractivity contribution in [3.8, 4) is 0 Å². The number of rotatable bonds is 5. The van der Waals surface area contributed by atoms with E-state index in [2.05, 4.69) is 10.6 Å². The van der Waals surface area contributed by atoms with Crippen LogP contribution in [-0.2, 0) is 9.59 Å². The quantitative estimate of drug-likeness (QED) is 0.714. The molecular formula is C15H18N2O3. The fourth-order valence-corrected chi connectivity index (χ4v) is 2.21. The number of amides is 1. The van der Waals surface area contributed by atoms with E-state index in [9.17, 15) is 9.59 Å². The Kier molecular flexibility index (Phi) is 4.90. The lowest BCUT2D eigenvalue weighted by Gasteiger charge is -2.09. The first-order valence-electron chi connectivity index (χ1n) is 6.65. The number of hydrogen-bond donors (Lipinski definition) is 3. The van der Waals surface area contributed by atoms with Crippen LogP contribution < -0.4 is 10.6 Å². The molecule has 1 aliphatic heterocycles. The predicted octanol–water partition coefficient (Wildman–Crippen LogP) is 1.72. The minimum absolute atomic E-state index is 0.0209. The standard InChI is InChI=1S/C15H18N2O3/c18-14(9-12-7-8-16-10-12)17-13-4-1-11(2-5-13)3-6-15(19)20/h1-6,12,16H,7-10H2,(H,17,18)(H,19,20)/b6-3+. The maximum Gasteiger partial charge on any atom is 0.328 e. The minimum Gasteiger partial charge on any atom is -0.478 e. The summed E-state index contributed by atoms with van der Waals surface area (Å²) in [5, 5.41) is 14.6. The number of carbonyl (C=O) groups excluding carboxylic acids is 1. The largest absolute Gasteiger partial charge is 0.478 e. The number of hydrogen-bond acceptors (Lipinski definition) is 3. The van der Waals surface area contributed by atoms with Crippen LogP contribution in [0.2, 0.25) is 0 Å². The van der Waals surface area contributed by atoms with Crippen molar-refractivity contribution in [2.45, 2.75) is 12.8 Å². The van der Waals surface area contributed by atoms with Gasteiger partial charge in [0.2, 0.25) is 5.91 Å². The van der Waals surface area contributed by atoms with E-state index in [1.54, 1.807) is 24.3 Å². The van der Waals surface area contributed by atoms with Crippen molar-refractivity contribution in [3.05, 3.63) is 35.9 Å². The zero-order valence-electron chi connectivity index (χ0n) is 11.1. The van der Waals surface area contributed by atoms with E-state index in [1.807, 2.05) is 0 Å². The molecule has 1 aromatic carbocycles. The van der Waals surface area contributed by atoms with Crippen molar-refractivity contribution in [1.29, 1.82) is 0 Å². The third kappa shape index (κ3) is 4.51. The Morgan fingerprint density at radius 1 is 1.35 bits per heavy atom. The normalized spacial score (nSPS) is 18.3. The smallest absolute Gasteiger partial charge is 0.328 e. The van der Waals surface area contributed by atoms with Crippen LogP contribution in [0.1, 0.15) is 18.4 Å². The Hall–Kier alpha value is -2.14. The molecular weight excluding hydrogens is 256 g/mol. The highest BCUT2D eigenvalue weighted by molar-refractivity contribution is 5.91. The van der Waals surface area contributed by atoms with Gasteiger partial charge in [0.1, 0.15) is 0 Å². The van der Waals surface area contributed by atoms with Crippen LogP contribution in [0.3, 0.4) is 0 Å². The van der Waals surface area contributed by atoms with Gasteiger partial charge >= 0.3 is 5.97 Å². The molecule has 1 saturated heterocycles. The fraction of sp³-hybridized carbons (Fsp3) is 0.333. The van der Waals surface area contributed by atoms with E-state index in [1.165, 1.54) is 6.08 Å². The maximum absolute atomic E-state index is 11.8. The highest BCUT2D eigenvalue weighted by Crippen LogP contribution is 2.15. The molecule has 0 aromatic heterocycles. The molecule has 1 aromatic rings. The average Bonchev–Trinajstić information content (AvgIpc) is 2.90. The van der Waals surface area contributed by atoms with Crippen LogP contribution in [0.5, 0.6) is 0 Å². The van der Waals surface area contributed by atoms with Crippen LogP contribution in [0.25, 0.3) is 6.08 Å². The number of anilines is 1. The Morgan fingerprint density at radius 2 is 2.10 bits per heavy atom. The van der Waals surface area contributed by atoms with E-state index < -0.39 is 5.97 Å². The molecule has 20 heavy (non-hydrogen) atoms. The van der Waals surface area contributed by atoms with Gasteiger partial charge in [-0.15, -0.1) is 0 Å². The second kappa shape index (κ2) is 6.86. The molecule has 3 N–H and O–H groups in total. The molecule has 2 rings (SSSR count). The molecule has 0 radical (unpaired) electrons. The van der Waals surface area contributed by atoms with Gasteiger partial charge in [0.05, 0.1) is 0 Å². The second-order valence-corrected chi connectivity index (χ2v) is 4.90. The van der Waals surface area contributed by atoms with Gasteiger partial charge in [0, 0.05) is 18.2 Å². The molecule has 0 bridgehead atoms. The van der Waals surface area contributed by atoms with Gasteiger partial charge in [0.15, 0.2) is 0 Å². The van der Waals surface area contributed by atoms with Gasteiger partial charge in [-0.2, -0.15) is 0 Å². The van der Waals surface area contributed by atoms with Crippen molar-refractivity contribution in [2.24, 2.45) is 5.92 Å². The number of nitrogens with one attached hydrogen (secondary N) is 2. The first-order valence-corrected chi connectivity index (χ1v) is 6.65. The molecule has 106 valence electrons. The summed E-state index contributed by atoms with van der Waals surface area (Å²) in [7, 11) is 0. The summed E-state index contributed by atoms with van der Waals surface area (Å²) in [5.74, 6) is -0.534. The van der Waals surface area contributed by atoms with Gasteiger partial charge in [-0.05, 0) is 49.2 Å². The summed E-state index contributed by atoms with van der Waals surface area (Å²) in [6.45, 7) is 1.90. The molecule has 5 heteroatoms. The van der Waals surface area contributed by atoms with Crippen LogP contribution >= 0.6 is 0 Å². The first kappa shape index (κ1) is 14.3. The second-order valence-electron chi connectivity index (χ2n) is 4.90. The Labute approximate surface area is 117 Å². The zero-order valence-corrected chi connectivity index (χ0v) is 11.1. The molecule has 1 heterocycles. The number of carboxylic acids is 1. The lowest BCUT2D eigenvalue weighted by molar-refractivity contribution is -0.131. The topological polar surface area (TPSA) is 78.4 Å². The van der Waals surface area contributed by atoms with E-state index >= 15 is 0 Å². The Balaban J connectivity index is 1.86. The van der Waals surface area contributed by atoms with Crippen LogP contribution in [0.15, 0.2) is 30.3 Å². The third-order valence-electron chi connectivity index (χ3n) is 3.25. The van der Waals surface area contributed by atoms with Crippen LogP contribution in [0, 0.1) is 5.92 Å². The fourth-order valence-electron chi connectivity index (χ4n) is 2.21. The summed E-state index contributed by atoms with van der Waals surface area (Å²) < 4.78 is 0. The minimum atomic E-state index is -0.979. The Bertz CT molecular complexity index is 502. The first-order chi connectivity index (χ1) is 9.63. The van der Waals surface area contributed by atoms with Crippen molar-refractivity contribution in [2.75, 3.05) is 18.4 Å². The molecule has 5 nitrogen and oxygen atoms in total. The van der Waals surface area contributed by atoms with Gasteiger partial charge in [0.25, 0.3) is 0 Å². The van der Waals surface area contributed by atoms with Crippen molar-refractivity contribution in [1.82, 2.24) is 5.32 Å². The monoisotopic (exact) mass is 274 g/mol. The van der Waals surface area contributed by atoms with E-state index in [-0.39, 0.29) is 5.91 Å².